The molecule has 106 valence electrons. The maximum atomic E-state index is 12.0. The van der Waals surface area contributed by atoms with Gasteiger partial charge in [0.05, 0.1) is 16.4 Å². The average molecular weight is 330 g/mol. The number of aryl methyl sites for hydroxylation is 1. The number of nitrogens with zero attached hydrogens (tertiary/aromatic N) is 1. The summed E-state index contributed by atoms with van der Waals surface area (Å²) < 4.78 is 0. The molecule has 2 rings (SSSR count). The number of carbonyl (C=O) groups excluding carboxylic acids is 1. The first-order valence-electron chi connectivity index (χ1n) is 5.90. The van der Waals surface area contributed by atoms with Crippen molar-refractivity contribution in [3.8, 4) is 0 Å². The van der Waals surface area contributed by atoms with Crippen LogP contribution in [0.15, 0.2) is 23.6 Å². The Morgan fingerprint density at radius 1 is 1.40 bits per heavy atom. The first-order valence-corrected chi connectivity index (χ1v) is 7.54. The summed E-state index contributed by atoms with van der Waals surface area (Å²) in [5.41, 5.74) is 1.50. The van der Waals surface area contributed by atoms with Gasteiger partial charge >= 0.3 is 0 Å². The largest absolute Gasteiger partial charge is 0.373 e. The van der Waals surface area contributed by atoms with Crippen LogP contribution in [0.4, 0.5) is 10.8 Å². The van der Waals surface area contributed by atoms with E-state index < -0.39 is 6.04 Å². The molecule has 0 aliphatic rings. The summed E-state index contributed by atoms with van der Waals surface area (Å²) in [5.74, 6) is -0.185. The maximum Gasteiger partial charge on any atom is 0.248 e. The van der Waals surface area contributed by atoms with Crippen molar-refractivity contribution in [2.24, 2.45) is 0 Å². The molecule has 1 amide bonds. The van der Waals surface area contributed by atoms with Crippen LogP contribution in [0.5, 0.6) is 0 Å². The molecule has 1 atom stereocenters. The number of anilines is 2. The molecule has 2 N–H and O–H groups in total. The minimum Gasteiger partial charge on any atom is -0.373 e. The van der Waals surface area contributed by atoms with Crippen molar-refractivity contribution >= 4 is 51.3 Å². The van der Waals surface area contributed by atoms with E-state index in [0.717, 1.165) is 5.69 Å². The van der Waals surface area contributed by atoms with Crippen LogP contribution in [-0.4, -0.2) is 16.9 Å². The minimum absolute atomic E-state index is 0.185. The standard InChI is InChI=1S/C13H13Cl2N3OS/c1-7-6-20-13(16-7)18-12(19)8(2)17-11-5-9(14)3-4-10(11)15/h3-6,8,17H,1-2H3,(H,16,18,19)/t8-/m0/s1. The van der Waals surface area contributed by atoms with E-state index in [0.29, 0.717) is 20.9 Å². The van der Waals surface area contributed by atoms with Crippen molar-refractivity contribution < 1.29 is 4.79 Å². The number of amides is 1. The molecule has 0 aliphatic heterocycles. The predicted octanol–water partition coefficient (Wildman–Crippen LogP) is 4.20. The SMILES string of the molecule is Cc1csc(NC(=O)[C@H](C)Nc2cc(Cl)ccc2Cl)n1. The van der Waals surface area contributed by atoms with E-state index >= 15 is 0 Å². The summed E-state index contributed by atoms with van der Waals surface area (Å²) in [7, 11) is 0. The fourth-order valence-corrected chi connectivity index (χ4v) is 2.57. The molecule has 1 aromatic carbocycles. The Hall–Kier alpha value is -1.30. The number of rotatable bonds is 4. The van der Waals surface area contributed by atoms with Crippen LogP contribution in [0.2, 0.25) is 10.0 Å². The normalized spacial score (nSPS) is 12.0. The fourth-order valence-electron chi connectivity index (χ4n) is 1.53. The zero-order valence-corrected chi connectivity index (χ0v) is 13.2. The number of halogens is 2. The molecule has 0 unspecified atom stereocenters. The van der Waals surface area contributed by atoms with Gasteiger partial charge < -0.3 is 10.6 Å². The number of hydrogen-bond acceptors (Lipinski definition) is 4. The molecule has 0 saturated carbocycles. The monoisotopic (exact) mass is 329 g/mol. The van der Waals surface area contributed by atoms with Crippen molar-refractivity contribution in [3.63, 3.8) is 0 Å². The highest BCUT2D eigenvalue weighted by atomic mass is 35.5. The van der Waals surface area contributed by atoms with Gasteiger partial charge in [-0.25, -0.2) is 4.98 Å². The van der Waals surface area contributed by atoms with Crippen molar-refractivity contribution in [1.82, 2.24) is 4.98 Å². The van der Waals surface area contributed by atoms with E-state index in [1.54, 1.807) is 25.1 Å². The summed E-state index contributed by atoms with van der Waals surface area (Å²) in [6, 6.07) is 4.59. The Bertz CT molecular complexity index is 630. The lowest BCUT2D eigenvalue weighted by Crippen LogP contribution is -2.31. The second kappa shape index (κ2) is 6.43. The molecular formula is C13H13Cl2N3OS. The summed E-state index contributed by atoms with van der Waals surface area (Å²) in [5, 5.41) is 9.30. The van der Waals surface area contributed by atoms with Gasteiger partial charge in [-0.05, 0) is 32.0 Å². The Morgan fingerprint density at radius 2 is 2.15 bits per heavy atom. The number of thiazole rings is 1. The molecule has 7 heteroatoms. The lowest BCUT2D eigenvalue weighted by Gasteiger charge is -2.15. The highest BCUT2D eigenvalue weighted by Gasteiger charge is 2.15. The second-order valence-corrected chi connectivity index (χ2v) is 5.98. The first kappa shape index (κ1) is 15.1. The smallest absolute Gasteiger partial charge is 0.248 e. The molecule has 0 aliphatic carbocycles. The molecule has 2 aromatic rings. The topological polar surface area (TPSA) is 54.0 Å². The zero-order valence-electron chi connectivity index (χ0n) is 10.9. The summed E-state index contributed by atoms with van der Waals surface area (Å²) in [6.07, 6.45) is 0. The van der Waals surface area contributed by atoms with Gasteiger partial charge in [0.1, 0.15) is 6.04 Å². The molecule has 0 spiro atoms. The molecule has 20 heavy (non-hydrogen) atoms. The van der Waals surface area contributed by atoms with Gasteiger partial charge in [0.15, 0.2) is 5.13 Å². The van der Waals surface area contributed by atoms with Crippen molar-refractivity contribution in [2.45, 2.75) is 19.9 Å². The van der Waals surface area contributed by atoms with Gasteiger partial charge in [0.25, 0.3) is 0 Å². The molecule has 0 radical (unpaired) electrons. The van der Waals surface area contributed by atoms with E-state index in [9.17, 15) is 4.79 Å². The van der Waals surface area contributed by atoms with Crippen molar-refractivity contribution in [2.75, 3.05) is 10.6 Å². The molecule has 0 saturated heterocycles. The van der Waals surface area contributed by atoms with Crippen LogP contribution in [-0.2, 0) is 4.79 Å². The number of aromatic nitrogens is 1. The molecular weight excluding hydrogens is 317 g/mol. The number of hydrogen-bond donors (Lipinski definition) is 2. The Kier molecular flexibility index (Phi) is 4.86. The Morgan fingerprint density at radius 3 is 2.80 bits per heavy atom. The minimum atomic E-state index is -0.463. The van der Waals surface area contributed by atoms with Gasteiger partial charge in [-0.3, -0.25) is 4.79 Å². The van der Waals surface area contributed by atoms with Crippen LogP contribution in [0.1, 0.15) is 12.6 Å². The van der Waals surface area contributed by atoms with E-state index in [4.69, 9.17) is 23.2 Å². The first-order chi connectivity index (χ1) is 9.45. The van der Waals surface area contributed by atoms with Crippen LogP contribution in [0.3, 0.4) is 0 Å². The van der Waals surface area contributed by atoms with E-state index in [2.05, 4.69) is 15.6 Å². The maximum absolute atomic E-state index is 12.0. The Balaban J connectivity index is 2.02. The van der Waals surface area contributed by atoms with Crippen molar-refractivity contribution in [3.05, 3.63) is 39.3 Å². The third-order valence-electron chi connectivity index (χ3n) is 2.54. The summed E-state index contributed by atoms with van der Waals surface area (Å²) in [4.78, 5) is 16.2. The van der Waals surface area contributed by atoms with Crippen molar-refractivity contribution in [1.29, 1.82) is 0 Å². The average Bonchev–Trinajstić information content (AvgIpc) is 2.79. The fraction of sp³-hybridized carbons (Fsp3) is 0.231. The van der Waals surface area contributed by atoms with Crippen LogP contribution in [0, 0.1) is 6.92 Å². The van der Waals surface area contributed by atoms with Crippen LogP contribution < -0.4 is 10.6 Å². The third kappa shape index (κ3) is 3.85. The Labute approximate surface area is 131 Å². The van der Waals surface area contributed by atoms with E-state index in [-0.39, 0.29) is 5.91 Å². The van der Waals surface area contributed by atoms with E-state index in [1.807, 2.05) is 12.3 Å². The molecule has 1 heterocycles. The molecule has 0 fully saturated rings. The van der Waals surface area contributed by atoms with Gasteiger partial charge in [0.2, 0.25) is 5.91 Å². The predicted molar refractivity (Wildman–Crippen MR) is 85.0 cm³/mol. The van der Waals surface area contributed by atoms with Gasteiger partial charge in [-0.2, -0.15) is 0 Å². The lowest BCUT2D eigenvalue weighted by molar-refractivity contribution is -0.116. The summed E-state index contributed by atoms with van der Waals surface area (Å²) in [6.45, 7) is 3.62. The molecule has 4 nitrogen and oxygen atoms in total. The molecule has 0 bridgehead atoms. The number of nitrogens with one attached hydrogen (secondary N) is 2. The van der Waals surface area contributed by atoms with E-state index in [1.165, 1.54) is 11.3 Å². The quantitative estimate of drug-likeness (QED) is 0.883. The highest BCUT2D eigenvalue weighted by molar-refractivity contribution is 7.13. The zero-order chi connectivity index (χ0) is 14.7. The van der Waals surface area contributed by atoms with Crippen LogP contribution >= 0.6 is 34.5 Å². The van der Waals surface area contributed by atoms with Gasteiger partial charge in [-0.1, -0.05) is 23.2 Å². The molecule has 1 aromatic heterocycles. The number of carbonyl (C=O) groups is 1. The third-order valence-corrected chi connectivity index (χ3v) is 3.98. The van der Waals surface area contributed by atoms with Gasteiger partial charge in [-0.15, -0.1) is 11.3 Å². The van der Waals surface area contributed by atoms with Gasteiger partial charge in [0, 0.05) is 10.4 Å². The second-order valence-electron chi connectivity index (χ2n) is 4.27. The number of benzene rings is 1. The highest BCUT2D eigenvalue weighted by Crippen LogP contribution is 2.26. The lowest BCUT2D eigenvalue weighted by atomic mass is 10.2. The van der Waals surface area contributed by atoms with Crippen LogP contribution in [0.25, 0.3) is 0 Å². The summed E-state index contributed by atoms with van der Waals surface area (Å²) >= 11 is 13.3.